The summed E-state index contributed by atoms with van der Waals surface area (Å²) < 4.78 is 0. The van der Waals surface area contributed by atoms with Crippen LogP contribution >= 0.6 is 0 Å². The van der Waals surface area contributed by atoms with Crippen molar-refractivity contribution in [2.45, 2.75) is 132 Å². The minimum Gasteiger partial charge on any atom is -0.548 e. The number of carboxylic acid groups (broad SMARTS) is 1. The molecular formula is C39H59KN2O6. The minimum absolute atomic E-state index is 0. The summed E-state index contributed by atoms with van der Waals surface area (Å²) in [5.74, 6) is -1.57. The average molecular weight is 691 g/mol. The van der Waals surface area contributed by atoms with E-state index in [4.69, 9.17) is 0 Å². The number of carbonyl (C=O) groups is 4. The number of amides is 2. The van der Waals surface area contributed by atoms with Gasteiger partial charge in [-0.3, -0.25) is 14.4 Å². The van der Waals surface area contributed by atoms with Gasteiger partial charge in [-0.2, -0.15) is 0 Å². The molecule has 0 heterocycles. The second-order valence-corrected chi connectivity index (χ2v) is 17.9. The second-order valence-electron chi connectivity index (χ2n) is 17.9. The van der Waals surface area contributed by atoms with Gasteiger partial charge in [0.05, 0.1) is 18.6 Å². The van der Waals surface area contributed by atoms with Crippen LogP contribution in [0.4, 0.5) is 0 Å². The zero-order valence-electron chi connectivity index (χ0n) is 31.2. The van der Waals surface area contributed by atoms with E-state index in [1.54, 1.807) is 11.0 Å². The molecule has 8 nitrogen and oxygen atoms in total. The first-order chi connectivity index (χ1) is 21.8. The van der Waals surface area contributed by atoms with Crippen molar-refractivity contribution < 1.29 is 80.8 Å². The van der Waals surface area contributed by atoms with Crippen molar-refractivity contribution in [1.82, 2.24) is 10.2 Å². The molecule has 0 aliphatic heterocycles. The molecule has 5 rings (SSSR count). The van der Waals surface area contributed by atoms with Crippen molar-refractivity contribution in [3.63, 3.8) is 0 Å². The number of nitrogens with one attached hydrogen (secondary N) is 1. The van der Waals surface area contributed by atoms with E-state index in [9.17, 15) is 29.4 Å². The summed E-state index contributed by atoms with van der Waals surface area (Å²) >= 11 is 0. The van der Waals surface area contributed by atoms with Crippen LogP contribution in [-0.4, -0.2) is 58.8 Å². The van der Waals surface area contributed by atoms with Crippen molar-refractivity contribution in [3.8, 4) is 0 Å². The summed E-state index contributed by atoms with van der Waals surface area (Å²) in [5, 5.41) is 24.5. The largest absolute Gasteiger partial charge is 1.00 e. The molecule has 262 valence electrons. The third kappa shape index (κ3) is 6.00. The van der Waals surface area contributed by atoms with Crippen molar-refractivity contribution >= 4 is 23.6 Å². The maximum Gasteiger partial charge on any atom is 1.00 e. The summed E-state index contributed by atoms with van der Waals surface area (Å²) in [6.45, 7) is 21.1. The third-order valence-corrected chi connectivity index (χ3v) is 15.1. The Hall–Kier alpha value is -0.844. The summed E-state index contributed by atoms with van der Waals surface area (Å²) in [6.07, 6.45) is 11.3. The predicted molar refractivity (Wildman–Crippen MR) is 179 cm³/mol. The van der Waals surface area contributed by atoms with Crippen LogP contribution < -0.4 is 61.8 Å². The number of nitrogens with zero attached hydrogens (tertiary/aromatic N) is 1. The predicted octanol–water partition coefficient (Wildman–Crippen LogP) is 1.99. The molecule has 10 atom stereocenters. The standard InChI is InChI=1S/C39H60N2O6.K/c1-10-20-41(26(11-2)32(46)40-23-30(44)45)33(47)36(6)17-16-35(5)18-19-38(8)24(25(35)22-36)21-27(42)31-37(7)14-13-29(43)34(3,4)28(37)12-15-39(31,38)9;/h10,21,25-26,28-29,31,43H,1,11-20,22-23H2,2-9H3,(H,40,46)(H,44,45);/q;+1/p-1/t25-,26?,28-,29-,31+,35+,36-,37-,38+,39+;/m0./s1. The molecule has 4 saturated carbocycles. The van der Waals surface area contributed by atoms with Gasteiger partial charge >= 0.3 is 51.4 Å². The summed E-state index contributed by atoms with van der Waals surface area (Å²) in [4.78, 5) is 54.9. The number of ketones is 1. The Morgan fingerprint density at radius 1 is 1.04 bits per heavy atom. The van der Waals surface area contributed by atoms with Crippen LogP contribution in [-0.2, 0) is 19.2 Å². The molecule has 5 aliphatic carbocycles. The van der Waals surface area contributed by atoms with E-state index in [-0.39, 0.29) is 121 Å². The minimum atomic E-state index is -1.38. The van der Waals surface area contributed by atoms with Crippen LogP contribution in [0.2, 0.25) is 0 Å². The number of hydrogen-bond acceptors (Lipinski definition) is 6. The molecule has 9 heteroatoms. The van der Waals surface area contributed by atoms with Crippen molar-refractivity contribution in [2.75, 3.05) is 13.1 Å². The number of allylic oxidation sites excluding steroid dienone is 2. The Morgan fingerprint density at radius 3 is 2.29 bits per heavy atom. The Balaban J connectivity index is 0.00000520. The fourth-order valence-electron chi connectivity index (χ4n) is 12.0. The topological polar surface area (TPSA) is 127 Å². The maximum absolute atomic E-state index is 14.6. The number of aliphatic hydroxyl groups is 1. The van der Waals surface area contributed by atoms with Gasteiger partial charge in [-0.05, 0) is 109 Å². The van der Waals surface area contributed by atoms with Crippen LogP contribution in [0.25, 0.3) is 0 Å². The van der Waals surface area contributed by atoms with Gasteiger partial charge in [0.25, 0.3) is 0 Å². The van der Waals surface area contributed by atoms with Gasteiger partial charge in [0.2, 0.25) is 11.8 Å². The molecule has 0 aromatic rings. The van der Waals surface area contributed by atoms with E-state index < -0.39 is 29.9 Å². The van der Waals surface area contributed by atoms with Crippen molar-refractivity contribution in [2.24, 2.45) is 50.2 Å². The number of carbonyl (C=O) groups excluding carboxylic acids is 4. The van der Waals surface area contributed by atoms with Crippen LogP contribution in [0, 0.1) is 50.2 Å². The molecule has 5 aliphatic rings. The fourth-order valence-corrected chi connectivity index (χ4v) is 12.0. The van der Waals surface area contributed by atoms with E-state index in [0.717, 1.165) is 44.9 Å². The van der Waals surface area contributed by atoms with E-state index in [1.807, 2.05) is 19.9 Å². The Bertz CT molecular complexity index is 1380. The molecule has 2 amide bonds. The van der Waals surface area contributed by atoms with Gasteiger partial charge < -0.3 is 25.2 Å². The normalized spacial score (nSPS) is 41.9. The second kappa shape index (κ2) is 13.6. The number of rotatable bonds is 8. The smallest absolute Gasteiger partial charge is 0.548 e. The number of aliphatic hydroxyl groups excluding tert-OH is 1. The monoisotopic (exact) mass is 690 g/mol. The van der Waals surface area contributed by atoms with Gasteiger partial charge in [0.1, 0.15) is 6.04 Å². The summed E-state index contributed by atoms with van der Waals surface area (Å²) in [5.41, 5.74) is -0.425. The zero-order valence-corrected chi connectivity index (χ0v) is 34.3. The SMILES string of the molecule is C=CCN(C(=O)[C@@]1(C)CC[C@]2(C)CC[C@]3(C)C(=CC(=O)[C@@H]4[C@@]5(C)CC[C@H](O)C(C)(C)[C@@H]5CC[C@]43C)[C@@H]2C1)C(CC)C(=O)NCC(=O)[O-].[K+]. The molecule has 48 heavy (non-hydrogen) atoms. The molecule has 0 radical (unpaired) electrons. The summed E-state index contributed by atoms with van der Waals surface area (Å²) in [6, 6.07) is -0.828. The number of hydrogen-bond donors (Lipinski definition) is 2. The molecule has 2 N–H and O–H groups in total. The number of aliphatic carboxylic acids is 1. The van der Waals surface area contributed by atoms with Crippen LogP contribution in [0.3, 0.4) is 0 Å². The molecule has 0 aromatic carbocycles. The van der Waals surface area contributed by atoms with Crippen molar-refractivity contribution in [3.05, 3.63) is 24.3 Å². The van der Waals surface area contributed by atoms with Gasteiger partial charge in [-0.1, -0.05) is 67.0 Å². The van der Waals surface area contributed by atoms with Crippen molar-refractivity contribution in [1.29, 1.82) is 0 Å². The van der Waals surface area contributed by atoms with Crippen LogP contribution in [0.1, 0.15) is 120 Å². The van der Waals surface area contributed by atoms with E-state index in [0.29, 0.717) is 19.3 Å². The molecule has 0 saturated heterocycles. The Kier molecular flexibility index (Phi) is 11.3. The van der Waals surface area contributed by atoms with Gasteiger partial charge in [-0.15, -0.1) is 6.58 Å². The first-order valence-electron chi connectivity index (χ1n) is 18.1. The molecule has 0 bridgehead atoms. The van der Waals surface area contributed by atoms with Crippen LogP contribution in [0.15, 0.2) is 24.3 Å². The Labute approximate surface area is 331 Å². The molecule has 4 fully saturated rings. The van der Waals surface area contributed by atoms with Crippen LogP contribution in [0.5, 0.6) is 0 Å². The molecule has 1 unspecified atom stereocenters. The number of fused-ring (bicyclic) bond motifs is 7. The first-order valence-corrected chi connectivity index (χ1v) is 18.1. The average Bonchev–Trinajstić information content (AvgIpc) is 2.99. The Morgan fingerprint density at radius 2 is 1.69 bits per heavy atom. The quantitative estimate of drug-likeness (QED) is 0.297. The molecular weight excluding hydrogens is 632 g/mol. The first kappa shape index (κ1) is 39.9. The van der Waals surface area contributed by atoms with Gasteiger partial charge in [-0.25, -0.2) is 0 Å². The van der Waals surface area contributed by atoms with E-state index >= 15 is 0 Å². The van der Waals surface area contributed by atoms with E-state index in [2.05, 4.69) is 53.4 Å². The van der Waals surface area contributed by atoms with Gasteiger partial charge in [0.15, 0.2) is 5.78 Å². The molecule has 0 aromatic heterocycles. The zero-order chi connectivity index (χ0) is 35.0. The van der Waals surface area contributed by atoms with E-state index in [1.165, 1.54) is 5.57 Å². The third-order valence-electron chi connectivity index (χ3n) is 15.1. The summed E-state index contributed by atoms with van der Waals surface area (Å²) in [7, 11) is 0. The number of carboxylic acids is 1. The fraction of sp³-hybridized carbons (Fsp3) is 0.795. The van der Waals surface area contributed by atoms with Gasteiger partial charge in [0, 0.05) is 17.9 Å². The molecule has 0 spiro atoms. The maximum atomic E-state index is 14.6.